The fourth-order valence-electron chi connectivity index (χ4n) is 7.48. The first-order chi connectivity index (χ1) is 31.1. The molecule has 1 aliphatic carbocycles. The van der Waals surface area contributed by atoms with Crippen molar-refractivity contribution in [3.8, 4) is 34.3 Å². The average Bonchev–Trinajstić information content (AvgIpc) is 4.15. The number of aromatic amines is 2. The van der Waals surface area contributed by atoms with Crippen molar-refractivity contribution >= 4 is 56.7 Å². The van der Waals surface area contributed by atoms with E-state index in [1.807, 2.05) is 0 Å². The van der Waals surface area contributed by atoms with E-state index < -0.39 is 29.5 Å². The minimum absolute atomic E-state index is 0.124. The van der Waals surface area contributed by atoms with E-state index in [1.165, 1.54) is 24.7 Å². The summed E-state index contributed by atoms with van der Waals surface area (Å²) in [7, 11) is 0. The zero-order valence-electron chi connectivity index (χ0n) is 32.9. The van der Waals surface area contributed by atoms with Gasteiger partial charge in [0.1, 0.15) is 54.0 Å². The maximum atomic E-state index is 15.3. The number of rotatable bonds is 12. The Morgan fingerprint density at radius 1 is 0.797 bits per heavy atom. The Kier molecular flexibility index (Phi) is 10.4. The lowest BCUT2D eigenvalue weighted by atomic mass is 10.1. The van der Waals surface area contributed by atoms with Gasteiger partial charge in [-0.25, -0.2) is 18.3 Å². The number of nitrogens with one attached hydrogen (secondary N) is 4. The van der Waals surface area contributed by atoms with Crippen LogP contribution in [0.1, 0.15) is 51.6 Å². The van der Waals surface area contributed by atoms with E-state index in [9.17, 15) is 14.0 Å². The number of tetrazole rings is 2. The maximum absolute atomic E-state index is 15.3. The molecule has 2 amide bonds. The quantitative estimate of drug-likeness (QED) is 0.0854. The van der Waals surface area contributed by atoms with Crippen LogP contribution in [-0.2, 0) is 6.61 Å². The van der Waals surface area contributed by atoms with Gasteiger partial charge >= 0.3 is 5.82 Å². The van der Waals surface area contributed by atoms with Crippen molar-refractivity contribution in [2.45, 2.75) is 38.0 Å². The summed E-state index contributed by atoms with van der Waals surface area (Å²) in [5, 5.41) is 32.0. The number of amides is 2. The molecule has 0 aliphatic heterocycles. The van der Waals surface area contributed by atoms with Gasteiger partial charge in [0, 0.05) is 46.1 Å². The van der Waals surface area contributed by atoms with Crippen molar-refractivity contribution in [3.63, 3.8) is 0 Å². The normalized spacial score (nSPS) is 14.9. The molecule has 320 valence electrons. The zero-order valence-corrected chi connectivity index (χ0v) is 33.7. The molecule has 4 N–H and O–H groups in total. The SMILES string of the molecule is O=C(Nc1ccc(OCc2ccc(F)cc2Cl)cc1)c1coc2cc(-c3nn[n+](C4CCC(Oc5cc(F)c(NC(=O)c6coc7cc(-c8nnn[nH]8)ccc67)cc5F)C4)[nH]3)ccc12. The molecule has 4 heterocycles. The van der Waals surface area contributed by atoms with Crippen molar-refractivity contribution < 1.29 is 45.9 Å². The molecule has 2 unspecified atom stereocenters. The van der Waals surface area contributed by atoms with Gasteiger partial charge in [-0.15, -0.1) is 5.10 Å². The summed E-state index contributed by atoms with van der Waals surface area (Å²) in [5.74, 6) is -2.14. The van der Waals surface area contributed by atoms with Gasteiger partial charge in [-0.3, -0.25) is 9.59 Å². The third-order valence-corrected chi connectivity index (χ3v) is 11.1. The molecule has 0 radical (unpaired) electrons. The Morgan fingerprint density at radius 2 is 1.52 bits per heavy atom. The summed E-state index contributed by atoms with van der Waals surface area (Å²) in [6, 6.07) is 22.7. The highest BCUT2D eigenvalue weighted by molar-refractivity contribution is 6.31. The van der Waals surface area contributed by atoms with E-state index in [-0.39, 0.29) is 40.6 Å². The minimum Gasteiger partial charge on any atom is -0.489 e. The van der Waals surface area contributed by atoms with Crippen LogP contribution < -0.4 is 24.9 Å². The summed E-state index contributed by atoms with van der Waals surface area (Å²) in [4.78, 5) is 28.0. The zero-order chi connectivity index (χ0) is 43.9. The third kappa shape index (κ3) is 8.06. The number of hydrogen-bond acceptors (Lipinski definition) is 11. The molecule has 64 heavy (non-hydrogen) atoms. The average molecular weight is 888 g/mol. The Hall–Kier alpha value is -8.06. The number of anilines is 2. The minimum atomic E-state index is -0.883. The topological polar surface area (TPSA) is 203 Å². The lowest BCUT2D eigenvalue weighted by Gasteiger charge is -2.15. The van der Waals surface area contributed by atoms with Crippen LogP contribution >= 0.6 is 11.6 Å². The number of H-pyrrole nitrogens is 2. The number of ether oxygens (including phenoxy) is 2. The van der Waals surface area contributed by atoms with E-state index in [2.05, 4.69) is 46.7 Å². The van der Waals surface area contributed by atoms with E-state index in [1.54, 1.807) is 71.5 Å². The molecular weight excluding hydrogens is 857 g/mol. The number of fused-ring (bicyclic) bond motifs is 2. The number of furan rings is 2. The first-order valence-corrected chi connectivity index (χ1v) is 20.1. The molecular formula is C44H31ClF3N10O6+. The van der Waals surface area contributed by atoms with Crippen molar-refractivity contribution in [1.29, 1.82) is 0 Å². The predicted octanol–water partition coefficient (Wildman–Crippen LogP) is 8.76. The second-order valence-corrected chi connectivity index (χ2v) is 15.3. The van der Waals surface area contributed by atoms with Crippen LogP contribution in [0.3, 0.4) is 0 Å². The summed E-state index contributed by atoms with van der Waals surface area (Å²) < 4.78 is 66.9. The fraction of sp³-hybridized carbons (Fsp3) is 0.136. The number of aromatic nitrogens is 8. The van der Waals surface area contributed by atoms with Crippen LogP contribution in [0.4, 0.5) is 24.5 Å². The molecule has 2 atom stereocenters. The van der Waals surface area contributed by atoms with E-state index in [4.69, 9.17) is 29.9 Å². The Morgan fingerprint density at radius 3 is 2.22 bits per heavy atom. The van der Waals surface area contributed by atoms with Gasteiger partial charge in [0.15, 0.2) is 28.4 Å². The van der Waals surface area contributed by atoms with Crippen molar-refractivity contribution in [1.82, 2.24) is 36.0 Å². The second-order valence-electron chi connectivity index (χ2n) is 14.9. The molecule has 1 aliphatic rings. The highest BCUT2D eigenvalue weighted by atomic mass is 35.5. The third-order valence-electron chi connectivity index (χ3n) is 10.8. The number of halogens is 4. The first kappa shape index (κ1) is 40.0. The fourth-order valence-corrected chi connectivity index (χ4v) is 7.70. The highest BCUT2D eigenvalue weighted by Crippen LogP contribution is 2.34. The molecule has 0 spiro atoms. The molecule has 1 fully saturated rings. The molecule has 10 rings (SSSR count). The van der Waals surface area contributed by atoms with Gasteiger partial charge in [-0.1, -0.05) is 28.5 Å². The Labute approximate surface area is 363 Å². The molecule has 0 bridgehead atoms. The first-order valence-electron chi connectivity index (χ1n) is 19.7. The predicted molar refractivity (Wildman–Crippen MR) is 223 cm³/mol. The van der Waals surface area contributed by atoms with Crippen LogP contribution in [0.25, 0.3) is 44.7 Å². The highest BCUT2D eigenvalue weighted by Gasteiger charge is 2.34. The number of benzene rings is 5. The van der Waals surface area contributed by atoms with E-state index in [0.29, 0.717) is 86.5 Å². The molecule has 4 aromatic heterocycles. The van der Waals surface area contributed by atoms with Crippen molar-refractivity contribution in [2.24, 2.45) is 0 Å². The number of nitrogens with zero attached hydrogens (tertiary/aromatic N) is 6. The number of hydrogen-bond donors (Lipinski definition) is 4. The van der Waals surface area contributed by atoms with Crippen molar-refractivity contribution in [3.05, 3.63) is 143 Å². The summed E-state index contributed by atoms with van der Waals surface area (Å²) in [6.45, 7) is 0.145. The standard InChI is InChI=1S/C44H30ClF3N10O6/c45-34-15-25(46)4-1-24(34)19-61-28-8-5-26(6-9-28)49-43(59)32-20-62-39-14-23(3-12-30(32)39)42-53-57-58(54-42)27-7-10-29(16-27)64-40-18-35(47)37(17-36(40)48)50-44(60)33-21-63-38-13-22(2-11-31(33)38)41-51-55-56-52-41/h1-6,8-9,11-15,17-18,20-21,27,29H,7,10,16,19H2,(H3,49,50,51,52,55,56,59,60)/p+1. The molecule has 9 aromatic rings. The Bertz CT molecular complexity index is 3210. The summed E-state index contributed by atoms with van der Waals surface area (Å²) >= 11 is 6.09. The van der Waals surface area contributed by atoms with Gasteiger partial charge in [0.2, 0.25) is 0 Å². The molecule has 1 saturated carbocycles. The molecule has 0 saturated heterocycles. The molecule has 5 aromatic carbocycles. The molecule has 20 heteroatoms. The van der Waals surface area contributed by atoms with Gasteiger partial charge in [0.05, 0.1) is 32.5 Å². The number of carbonyl (C=O) groups is 2. The lowest BCUT2D eigenvalue weighted by Crippen LogP contribution is -2.43. The van der Waals surface area contributed by atoms with E-state index in [0.717, 1.165) is 12.1 Å². The van der Waals surface area contributed by atoms with E-state index >= 15 is 8.78 Å². The maximum Gasteiger partial charge on any atom is 0.313 e. The van der Waals surface area contributed by atoms with Crippen LogP contribution in [0.2, 0.25) is 5.02 Å². The summed E-state index contributed by atoms with van der Waals surface area (Å²) in [5.41, 5.74) is 3.37. The van der Waals surface area contributed by atoms with Crippen LogP contribution in [0.15, 0.2) is 112 Å². The molecule has 16 nitrogen and oxygen atoms in total. The van der Waals surface area contributed by atoms with Gasteiger partial charge in [0.25, 0.3) is 11.8 Å². The Balaban J connectivity index is 0.740. The largest absolute Gasteiger partial charge is 0.489 e. The van der Waals surface area contributed by atoms with Crippen LogP contribution in [0.5, 0.6) is 11.5 Å². The van der Waals surface area contributed by atoms with Crippen LogP contribution in [0, 0.1) is 17.5 Å². The second kappa shape index (κ2) is 16.7. The number of carbonyl (C=O) groups excluding carboxylic acids is 2. The summed E-state index contributed by atoms with van der Waals surface area (Å²) in [6.07, 6.45) is 3.73. The smallest absolute Gasteiger partial charge is 0.313 e. The van der Waals surface area contributed by atoms with Crippen molar-refractivity contribution in [2.75, 3.05) is 10.6 Å². The lowest BCUT2D eigenvalue weighted by molar-refractivity contribution is -0.825. The van der Waals surface area contributed by atoms with Crippen LogP contribution in [-0.4, -0.2) is 54.0 Å². The van der Waals surface area contributed by atoms with Gasteiger partial charge in [-0.05, 0) is 90.0 Å². The monoisotopic (exact) mass is 887 g/mol. The van der Waals surface area contributed by atoms with Gasteiger partial charge in [-0.2, -0.15) is 5.10 Å². The van der Waals surface area contributed by atoms with Gasteiger partial charge < -0.3 is 28.9 Å².